The molecule has 1 atom stereocenters. The first-order chi connectivity index (χ1) is 8.06. The molecule has 0 aliphatic carbocycles. The Morgan fingerprint density at radius 2 is 2.12 bits per heavy atom. The number of azide groups is 1. The standard InChI is InChI=1S/C10H10N4O3/c1-6(10(16)17)12-9(15)7-4-2-3-5-8(7)13-14-11/h2-6H,1H3,(H,12,15)(H,16,17)/t6-/m0/s1. The fourth-order valence-electron chi connectivity index (χ4n) is 1.14. The number of nitrogens with zero attached hydrogens (tertiary/aromatic N) is 3. The molecular weight excluding hydrogens is 224 g/mol. The van der Waals surface area contributed by atoms with Crippen molar-refractivity contribution in [1.29, 1.82) is 0 Å². The monoisotopic (exact) mass is 234 g/mol. The Balaban J connectivity index is 2.96. The summed E-state index contributed by atoms with van der Waals surface area (Å²) in [6, 6.07) is 5.12. The average molecular weight is 234 g/mol. The number of amides is 1. The Labute approximate surface area is 96.7 Å². The number of carboxylic acids is 1. The number of hydrogen-bond acceptors (Lipinski definition) is 3. The summed E-state index contributed by atoms with van der Waals surface area (Å²) in [6.07, 6.45) is 0. The van der Waals surface area contributed by atoms with Crippen LogP contribution in [-0.2, 0) is 4.79 Å². The lowest BCUT2D eigenvalue weighted by molar-refractivity contribution is -0.138. The molecule has 0 unspecified atom stereocenters. The summed E-state index contributed by atoms with van der Waals surface area (Å²) < 4.78 is 0. The van der Waals surface area contributed by atoms with Crippen LogP contribution in [0.25, 0.3) is 10.4 Å². The van der Waals surface area contributed by atoms with Gasteiger partial charge in [0.05, 0.1) is 5.69 Å². The number of rotatable bonds is 4. The van der Waals surface area contributed by atoms with Crippen LogP contribution in [0, 0.1) is 0 Å². The first kappa shape index (κ1) is 12.5. The molecule has 0 saturated heterocycles. The zero-order chi connectivity index (χ0) is 12.8. The van der Waals surface area contributed by atoms with Gasteiger partial charge >= 0.3 is 5.97 Å². The summed E-state index contributed by atoms with van der Waals surface area (Å²) in [5.74, 6) is -1.73. The van der Waals surface area contributed by atoms with Crippen LogP contribution in [0.2, 0.25) is 0 Å². The highest BCUT2D eigenvalue weighted by Gasteiger charge is 2.16. The van der Waals surface area contributed by atoms with Crippen LogP contribution in [0.5, 0.6) is 0 Å². The van der Waals surface area contributed by atoms with E-state index in [1.165, 1.54) is 19.1 Å². The molecule has 1 aromatic carbocycles. The largest absolute Gasteiger partial charge is 0.480 e. The molecule has 2 N–H and O–H groups in total. The smallest absolute Gasteiger partial charge is 0.325 e. The molecule has 17 heavy (non-hydrogen) atoms. The zero-order valence-corrected chi connectivity index (χ0v) is 8.99. The number of carboxylic acid groups (broad SMARTS) is 1. The lowest BCUT2D eigenvalue weighted by Gasteiger charge is -2.10. The van der Waals surface area contributed by atoms with Crippen molar-refractivity contribution in [3.05, 3.63) is 40.3 Å². The molecule has 1 aromatic rings. The van der Waals surface area contributed by atoms with Gasteiger partial charge in [-0.25, -0.2) is 0 Å². The summed E-state index contributed by atoms with van der Waals surface area (Å²) in [7, 11) is 0. The Bertz CT molecular complexity index is 494. The molecule has 0 heterocycles. The minimum atomic E-state index is -1.14. The van der Waals surface area contributed by atoms with E-state index in [-0.39, 0.29) is 11.3 Å². The third kappa shape index (κ3) is 3.22. The maximum atomic E-state index is 11.7. The van der Waals surface area contributed by atoms with Crippen LogP contribution in [0.3, 0.4) is 0 Å². The van der Waals surface area contributed by atoms with Gasteiger partial charge in [-0.1, -0.05) is 23.3 Å². The number of carbonyl (C=O) groups is 2. The first-order valence-electron chi connectivity index (χ1n) is 4.74. The fraction of sp³-hybridized carbons (Fsp3) is 0.200. The minimum absolute atomic E-state index is 0.137. The lowest BCUT2D eigenvalue weighted by atomic mass is 10.1. The fourth-order valence-corrected chi connectivity index (χ4v) is 1.14. The van der Waals surface area contributed by atoms with Gasteiger partial charge in [-0.3, -0.25) is 9.59 Å². The molecule has 0 aromatic heterocycles. The van der Waals surface area contributed by atoms with Crippen molar-refractivity contribution in [1.82, 2.24) is 5.32 Å². The van der Waals surface area contributed by atoms with Gasteiger partial charge in [0.1, 0.15) is 6.04 Å². The Kier molecular flexibility index (Phi) is 4.08. The van der Waals surface area contributed by atoms with Gasteiger partial charge in [0.15, 0.2) is 0 Å². The van der Waals surface area contributed by atoms with E-state index in [0.29, 0.717) is 0 Å². The van der Waals surface area contributed by atoms with E-state index in [1.807, 2.05) is 0 Å². The van der Waals surface area contributed by atoms with E-state index in [4.69, 9.17) is 10.6 Å². The quantitative estimate of drug-likeness (QED) is 0.470. The highest BCUT2D eigenvalue weighted by atomic mass is 16.4. The highest BCUT2D eigenvalue weighted by molar-refractivity contribution is 6.00. The van der Waals surface area contributed by atoms with Crippen LogP contribution in [0.4, 0.5) is 5.69 Å². The number of carbonyl (C=O) groups excluding carboxylic acids is 1. The first-order valence-corrected chi connectivity index (χ1v) is 4.74. The molecule has 0 saturated carbocycles. The molecule has 0 aliphatic heterocycles. The number of benzene rings is 1. The Morgan fingerprint density at radius 1 is 1.47 bits per heavy atom. The molecule has 1 amide bonds. The molecule has 0 bridgehead atoms. The van der Waals surface area contributed by atoms with E-state index in [1.54, 1.807) is 12.1 Å². The van der Waals surface area contributed by atoms with E-state index < -0.39 is 17.9 Å². The van der Waals surface area contributed by atoms with Gasteiger partial charge in [-0.15, -0.1) is 0 Å². The van der Waals surface area contributed by atoms with Gasteiger partial charge in [0, 0.05) is 10.5 Å². The highest BCUT2D eigenvalue weighted by Crippen LogP contribution is 2.18. The number of hydrogen-bond donors (Lipinski definition) is 2. The van der Waals surface area contributed by atoms with Gasteiger partial charge in [0.2, 0.25) is 0 Å². The van der Waals surface area contributed by atoms with Crippen molar-refractivity contribution >= 4 is 17.6 Å². The topological polar surface area (TPSA) is 115 Å². The average Bonchev–Trinajstić information content (AvgIpc) is 2.29. The van der Waals surface area contributed by atoms with Crippen molar-refractivity contribution in [3.8, 4) is 0 Å². The molecule has 0 radical (unpaired) electrons. The normalized spacial score (nSPS) is 11.1. The Morgan fingerprint density at radius 3 is 2.71 bits per heavy atom. The van der Waals surface area contributed by atoms with E-state index in [2.05, 4.69) is 15.3 Å². The van der Waals surface area contributed by atoms with Gasteiger partial charge in [-0.2, -0.15) is 0 Å². The predicted molar refractivity (Wildman–Crippen MR) is 59.8 cm³/mol. The van der Waals surface area contributed by atoms with Crippen LogP contribution >= 0.6 is 0 Å². The second-order valence-electron chi connectivity index (χ2n) is 3.24. The van der Waals surface area contributed by atoms with Crippen molar-refractivity contribution in [3.63, 3.8) is 0 Å². The summed E-state index contributed by atoms with van der Waals surface area (Å²) in [5.41, 5.74) is 8.62. The van der Waals surface area contributed by atoms with E-state index in [0.717, 1.165) is 0 Å². The summed E-state index contributed by atoms with van der Waals surface area (Å²) in [5, 5.41) is 14.3. The summed E-state index contributed by atoms with van der Waals surface area (Å²) >= 11 is 0. The van der Waals surface area contributed by atoms with E-state index >= 15 is 0 Å². The summed E-state index contributed by atoms with van der Waals surface area (Å²) in [6.45, 7) is 1.34. The van der Waals surface area contributed by atoms with Gasteiger partial charge < -0.3 is 10.4 Å². The van der Waals surface area contributed by atoms with Crippen LogP contribution in [-0.4, -0.2) is 23.0 Å². The summed E-state index contributed by atoms with van der Waals surface area (Å²) in [4.78, 5) is 24.9. The molecule has 88 valence electrons. The maximum Gasteiger partial charge on any atom is 0.325 e. The molecule has 7 heteroatoms. The SMILES string of the molecule is C[C@H](NC(=O)c1ccccc1N=[N+]=[N-])C(=O)O. The molecule has 0 aliphatic rings. The minimum Gasteiger partial charge on any atom is -0.480 e. The van der Waals surface area contributed by atoms with E-state index in [9.17, 15) is 9.59 Å². The van der Waals surface area contributed by atoms with Gasteiger partial charge in [0.25, 0.3) is 5.91 Å². The van der Waals surface area contributed by atoms with Crippen molar-refractivity contribution in [2.45, 2.75) is 13.0 Å². The Hall–Kier alpha value is -2.53. The van der Waals surface area contributed by atoms with Crippen LogP contribution in [0.15, 0.2) is 29.4 Å². The third-order valence-corrected chi connectivity index (χ3v) is 2.02. The second kappa shape index (κ2) is 5.53. The number of nitrogens with one attached hydrogen (secondary N) is 1. The van der Waals surface area contributed by atoms with Crippen LogP contribution < -0.4 is 5.32 Å². The van der Waals surface area contributed by atoms with Crippen molar-refractivity contribution < 1.29 is 14.7 Å². The van der Waals surface area contributed by atoms with Crippen molar-refractivity contribution in [2.24, 2.45) is 5.11 Å². The molecular formula is C10H10N4O3. The van der Waals surface area contributed by atoms with Crippen LogP contribution in [0.1, 0.15) is 17.3 Å². The van der Waals surface area contributed by atoms with Crippen molar-refractivity contribution in [2.75, 3.05) is 0 Å². The third-order valence-electron chi connectivity index (χ3n) is 2.02. The lowest BCUT2D eigenvalue weighted by Crippen LogP contribution is -2.38. The second-order valence-corrected chi connectivity index (χ2v) is 3.24. The number of aliphatic carboxylic acids is 1. The molecule has 0 fully saturated rings. The molecule has 0 spiro atoms. The molecule has 7 nitrogen and oxygen atoms in total. The van der Waals surface area contributed by atoms with Gasteiger partial charge in [-0.05, 0) is 18.5 Å². The maximum absolute atomic E-state index is 11.7. The predicted octanol–water partition coefficient (Wildman–Crippen LogP) is 1.83. The molecule has 1 rings (SSSR count). The zero-order valence-electron chi connectivity index (χ0n) is 8.99.